The molecule has 1 unspecified atom stereocenters. The molecule has 34 heavy (non-hydrogen) atoms. The highest BCUT2D eigenvalue weighted by atomic mass is 16.5. The van der Waals surface area contributed by atoms with Crippen LogP contribution < -0.4 is 5.32 Å². The molecule has 0 radical (unpaired) electrons. The van der Waals surface area contributed by atoms with Crippen LogP contribution in [0.25, 0.3) is 11.1 Å². The number of carboxylic acids is 1. The van der Waals surface area contributed by atoms with Crippen molar-refractivity contribution in [3.05, 3.63) is 59.7 Å². The third-order valence-corrected chi connectivity index (χ3v) is 7.46. The maximum atomic E-state index is 12.7. The van der Waals surface area contributed by atoms with Gasteiger partial charge in [-0.3, -0.25) is 9.59 Å². The van der Waals surface area contributed by atoms with Gasteiger partial charge in [0.15, 0.2) is 0 Å². The molecule has 2 amide bonds. The third-order valence-electron chi connectivity index (χ3n) is 7.46. The van der Waals surface area contributed by atoms with Gasteiger partial charge in [0, 0.05) is 37.9 Å². The van der Waals surface area contributed by atoms with Gasteiger partial charge in [-0.25, -0.2) is 4.79 Å². The number of benzene rings is 2. The van der Waals surface area contributed by atoms with Crippen LogP contribution in [0, 0.1) is 17.8 Å². The number of rotatable bonds is 8. The quantitative estimate of drug-likeness (QED) is 0.621. The summed E-state index contributed by atoms with van der Waals surface area (Å²) in [4.78, 5) is 37.8. The van der Waals surface area contributed by atoms with E-state index < -0.39 is 12.1 Å². The van der Waals surface area contributed by atoms with E-state index in [1.54, 1.807) is 0 Å². The summed E-state index contributed by atoms with van der Waals surface area (Å²) in [6.45, 7) is 2.06. The number of likely N-dealkylation sites (tertiary alicyclic amines) is 1. The van der Waals surface area contributed by atoms with E-state index in [9.17, 15) is 14.4 Å². The van der Waals surface area contributed by atoms with Crippen LogP contribution in [0.1, 0.15) is 42.7 Å². The van der Waals surface area contributed by atoms with Crippen molar-refractivity contribution in [1.29, 1.82) is 0 Å². The molecule has 0 spiro atoms. The number of nitrogens with zero attached hydrogens (tertiary/aromatic N) is 1. The maximum Gasteiger partial charge on any atom is 0.407 e. The van der Waals surface area contributed by atoms with Crippen molar-refractivity contribution in [2.45, 2.75) is 31.6 Å². The summed E-state index contributed by atoms with van der Waals surface area (Å²) in [6.07, 6.45) is 1.97. The summed E-state index contributed by atoms with van der Waals surface area (Å²) in [7, 11) is 0. The van der Waals surface area contributed by atoms with Crippen LogP contribution in [0.3, 0.4) is 0 Å². The molecule has 2 N–H and O–H groups in total. The summed E-state index contributed by atoms with van der Waals surface area (Å²) in [5, 5.41) is 11.7. The zero-order chi connectivity index (χ0) is 23.7. The predicted molar refractivity (Wildman–Crippen MR) is 126 cm³/mol. The number of hydrogen-bond acceptors (Lipinski definition) is 4. The number of carboxylic acid groups (broad SMARTS) is 1. The molecule has 3 atom stereocenters. The molecule has 7 nitrogen and oxygen atoms in total. The molecule has 7 heteroatoms. The highest BCUT2D eigenvalue weighted by Crippen LogP contribution is 2.44. The van der Waals surface area contributed by atoms with E-state index in [2.05, 4.69) is 29.6 Å². The largest absolute Gasteiger partial charge is 0.481 e. The normalized spacial score (nSPS) is 22.7. The summed E-state index contributed by atoms with van der Waals surface area (Å²) in [5.74, 6) is -0.254. The lowest BCUT2D eigenvalue weighted by atomic mass is 9.98. The van der Waals surface area contributed by atoms with Crippen molar-refractivity contribution in [3.8, 4) is 11.1 Å². The average Bonchev–Trinajstić information content (AvgIpc) is 3.34. The highest BCUT2D eigenvalue weighted by Gasteiger charge is 2.46. The van der Waals surface area contributed by atoms with Gasteiger partial charge in [0.2, 0.25) is 5.91 Å². The number of amides is 2. The molecule has 5 rings (SSSR count). The molecule has 1 aliphatic heterocycles. The number of carbonyl (C=O) groups excluding carboxylic acids is 2. The lowest BCUT2D eigenvalue weighted by molar-refractivity contribution is -0.137. The Labute approximate surface area is 199 Å². The highest BCUT2D eigenvalue weighted by molar-refractivity contribution is 5.82. The van der Waals surface area contributed by atoms with Crippen molar-refractivity contribution in [1.82, 2.24) is 10.2 Å². The number of hydrogen-bond donors (Lipinski definition) is 2. The zero-order valence-electron chi connectivity index (χ0n) is 19.1. The minimum Gasteiger partial charge on any atom is -0.481 e. The fourth-order valence-corrected chi connectivity index (χ4v) is 5.47. The van der Waals surface area contributed by atoms with Gasteiger partial charge in [0.05, 0.1) is 0 Å². The summed E-state index contributed by atoms with van der Waals surface area (Å²) >= 11 is 0. The van der Waals surface area contributed by atoms with Crippen LogP contribution >= 0.6 is 0 Å². The van der Waals surface area contributed by atoms with Crippen molar-refractivity contribution >= 4 is 18.0 Å². The van der Waals surface area contributed by atoms with Crippen LogP contribution in [0.2, 0.25) is 0 Å². The van der Waals surface area contributed by atoms with Gasteiger partial charge >= 0.3 is 12.1 Å². The minimum absolute atomic E-state index is 0.0256. The fourth-order valence-electron chi connectivity index (χ4n) is 5.47. The van der Waals surface area contributed by atoms with Gasteiger partial charge < -0.3 is 20.1 Å². The van der Waals surface area contributed by atoms with Gasteiger partial charge in [-0.2, -0.15) is 0 Å². The molecule has 178 valence electrons. The number of fused-ring (bicyclic) bond motifs is 3. The minimum atomic E-state index is -0.786. The molecule has 0 bridgehead atoms. The van der Waals surface area contributed by atoms with Crippen LogP contribution in [0.5, 0.6) is 0 Å². The lowest BCUT2D eigenvalue weighted by Gasteiger charge is -2.17. The van der Waals surface area contributed by atoms with Crippen molar-refractivity contribution in [3.63, 3.8) is 0 Å². The monoisotopic (exact) mass is 462 g/mol. The van der Waals surface area contributed by atoms with Crippen molar-refractivity contribution < 1.29 is 24.2 Å². The summed E-state index contributed by atoms with van der Waals surface area (Å²) in [5.41, 5.74) is 4.74. The number of nitrogens with one attached hydrogen (secondary N) is 1. The number of ether oxygens (including phenoxy) is 1. The van der Waals surface area contributed by atoms with E-state index >= 15 is 0 Å². The van der Waals surface area contributed by atoms with E-state index in [0.29, 0.717) is 26.1 Å². The Morgan fingerprint density at radius 1 is 1.03 bits per heavy atom. The van der Waals surface area contributed by atoms with E-state index in [1.807, 2.05) is 29.2 Å². The first-order valence-electron chi connectivity index (χ1n) is 12.1. The van der Waals surface area contributed by atoms with Crippen molar-refractivity contribution in [2.75, 3.05) is 26.2 Å². The smallest absolute Gasteiger partial charge is 0.407 e. The first-order chi connectivity index (χ1) is 16.5. The van der Waals surface area contributed by atoms with Gasteiger partial charge in [0.25, 0.3) is 0 Å². The number of alkyl carbamates (subject to hydrolysis) is 1. The van der Waals surface area contributed by atoms with Gasteiger partial charge in [0.1, 0.15) is 6.61 Å². The SMILES string of the molecule is O=C(O)CCC1CCN(C(=O)[C@H]2C[C@H]2CNC(=O)OCC2c3ccccc3-c3ccccc32)C1. The molecular formula is C27H30N2O5. The van der Waals surface area contributed by atoms with E-state index in [1.165, 1.54) is 22.3 Å². The van der Waals surface area contributed by atoms with Gasteiger partial charge in [-0.05, 0) is 53.4 Å². The van der Waals surface area contributed by atoms with Gasteiger partial charge in [-0.1, -0.05) is 48.5 Å². The molecule has 0 aromatic heterocycles. The molecule has 3 aliphatic rings. The standard InChI is InChI=1S/C27H30N2O5/c30-25(31)10-9-17-11-12-29(15-17)26(32)23-13-18(23)14-28-27(33)34-16-24-21-7-3-1-5-19(21)20-6-2-4-8-22(20)24/h1-8,17-18,23-24H,9-16H2,(H,28,33)(H,30,31)/t17?,18-,23-/m0/s1. The van der Waals surface area contributed by atoms with Crippen molar-refractivity contribution in [2.24, 2.45) is 17.8 Å². The molecule has 2 fully saturated rings. The Bertz CT molecular complexity index is 1050. The van der Waals surface area contributed by atoms with Crippen LogP contribution in [-0.2, 0) is 14.3 Å². The second kappa shape index (κ2) is 9.49. The molecule has 2 aromatic rings. The molecule has 2 aromatic carbocycles. The van der Waals surface area contributed by atoms with E-state index in [4.69, 9.17) is 9.84 Å². The first kappa shape index (κ1) is 22.4. The Morgan fingerprint density at radius 3 is 2.38 bits per heavy atom. The maximum absolute atomic E-state index is 12.7. The topological polar surface area (TPSA) is 95.9 Å². The predicted octanol–water partition coefficient (Wildman–Crippen LogP) is 3.87. The average molecular weight is 463 g/mol. The molecular weight excluding hydrogens is 432 g/mol. The molecule has 1 saturated heterocycles. The lowest BCUT2D eigenvalue weighted by Crippen LogP contribution is -2.32. The van der Waals surface area contributed by atoms with E-state index in [-0.39, 0.29) is 42.6 Å². The second-order valence-electron chi connectivity index (χ2n) is 9.68. The molecule has 1 saturated carbocycles. The summed E-state index contributed by atoms with van der Waals surface area (Å²) in [6, 6.07) is 16.5. The van der Waals surface area contributed by atoms with E-state index in [0.717, 1.165) is 12.8 Å². The van der Waals surface area contributed by atoms with Crippen LogP contribution in [0.15, 0.2) is 48.5 Å². The Morgan fingerprint density at radius 2 is 1.71 bits per heavy atom. The Balaban J connectivity index is 1.07. The zero-order valence-corrected chi connectivity index (χ0v) is 19.1. The summed E-state index contributed by atoms with van der Waals surface area (Å²) < 4.78 is 5.58. The number of carbonyl (C=O) groups is 3. The molecule has 1 heterocycles. The third kappa shape index (κ3) is 4.65. The Kier molecular flexibility index (Phi) is 6.26. The molecule has 2 aliphatic carbocycles. The van der Waals surface area contributed by atoms with Crippen LogP contribution in [-0.4, -0.2) is 54.2 Å². The number of aliphatic carboxylic acids is 1. The Hall–Kier alpha value is -3.35. The fraction of sp³-hybridized carbons (Fsp3) is 0.444. The van der Waals surface area contributed by atoms with Gasteiger partial charge in [-0.15, -0.1) is 0 Å². The van der Waals surface area contributed by atoms with Crippen LogP contribution in [0.4, 0.5) is 4.79 Å². The second-order valence-corrected chi connectivity index (χ2v) is 9.68. The first-order valence-corrected chi connectivity index (χ1v) is 12.1.